The number of thiophene rings is 1. The van der Waals surface area contributed by atoms with Crippen LogP contribution in [0.15, 0.2) is 11.4 Å². The van der Waals surface area contributed by atoms with Gasteiger partial charge in [-0.3, -0.25) is 0 Å². The third-order valence-electron chi connectivity index (χ3n) is 2.13. The highest BCUT2D eigenvalue weighted by atomic mass is 32.1. The molecule has 0 aromatic carbocycles. The molecule has 0 saturated carbocycles. The first-order valence-electron chi connectivity index (χ1n) is 4.43. The average molecular weight is 224 g/mol. The van der Waals surface area contributed by atoms with Crippen molar-refractivity contribution in [1.82, 2.24) is 4.98 Å². The Balaban J connectivity index is 2.47. The van der Waals surface area contributed by atoms with Crippen molar-refractivity contribution in [3.8, 4) is 9.88 Å². The summed E-state index contributed by atoms with van der Waals surface area (Å²) in [5.41, 5.74) is 8.00. The summed E-state index contributed by atoms with van der Waals surface area (Å²) in [5, 5.41) is 3.21. The van der Waals surface area contributed by atoms with Crippen LogP contribution in [0.5, 0.6) is 0 Å². The predicted octanol–water partition coefficient (Wildman–Crippen LogP) is 2.95. The van der Waals surface area contributed by atoms with Gasteiger partial charge in [0, 0.05) is 11.4 Å². The summed E-state index contributed by atoms with van der Waals surface area (Å²) in [6.45, 7) is 4.73. The smallest absolute Gasteiger partial charge is 0.134 e. The van der Waals surface area contributed by atoms with E-state index < -0.39 is 0 Å². The highest BCUT2D eigenvalue weighted by Gasteiger charge is 2.10. The Morgan fingerprint density at radius 3 is 2.71 bits per heavy atom. The van der Waals surface area contributed by atoms with Crippen LogP contribution in [0.3, 0.4) is 0 Å². The van der Waals surface area contributed by atoms with Crippen molar-refractivity contribution in [1.29, 1.82) is 0 Å². The highest BCUT2D eigenvalue weighted by Crippen LogP contribution is 2.33. The third kappa shape index (κ3) is 1.61. The van der Waals surface area contributed by atoms with Crippen molar-refractivity contribution in [3.05, 3.63) is 27.6 Å². The first kappa shape index (κ1) is 9.83. The number of aromatic nitrogens is 1. The number of thiazole rings is 1. The normalized spacial score (nSPS) is 10.8. The van der Waals surface area contributed by atoms with E-state index in [4.69, 9.17) is 5.73 Å². The van der Waals surface area contributed by atoms with Crippen LogP contribution in [0, 0.1) is 13.8 Å². The molecule has 2 rings (SSSR count). The van der Waals surface area contributed by atoms with Gasteiger partial charge >= 0.3 is 0 Å². The van der Waals surface area contributed by atoms with E-state index in [2.05, 4.69) is 23.4 Å². The SMILES string of the molecule is Cc1ccsc1-c1nc(C)c(CN)s1. The summed E-state index contributed by atoms with van der Waals surface area (Å²) in [6, 6.07) is 2.12. The standard InChI is InChI=1S/C10H12N2S2/c1-6-3-4-13-9(6)10-12-7(2)8(5-11)14-10/h3-4H,5,11H2,1-2H3. The Labute approximate surface area is 91.4 Å². The maximum absolute atomic E-state index is 5.63. The van der Waals surface area contributed by atoms with Crippen LogP contribution >= 0.6 is 22.7 Å². The van der Waals surface area contributed by atoms with Gasteiger partial charge in [0.1, 0.15) is 5.01 Å². The molecule has 0 atom stereocenters. The zero-order chi connectivity index (χ0) is 10.1. The van der Waals surface area contributed by atoms with E-state index in [-0.39, 0.29) is 0 Å². The molecule has 4 heteroatoms. The second-order valence-corrected chi connectivity index (χ2v) is 5.16. The fourth-order valence-corrected chi connectivity index (χ4v) is 3.33. The summed E-state index contributed by atoms with van der Waals surface area (Å²) in [7, 11) is 0. The second-order valence-electron chi connectivity index (χ2n) is 3.16. The van der Waals surface area contributed by atoms with Crippen molar-refractivity contribution in [2.24, 2.45) is 5.73 Å². The van der Waals surface area contributed by atoms with Crippen molar-refractivity contribution in [2.45, 2.75) is 20.4 Å². The molecule has 2 N–H and O–H groups in total. The van der Waals surface area contributed by atoms with Crippen molar-refractivity contribution in [2.75, 3.05) is 0 Å². The summed E-state index contributed by atoms with van der Waals surface area (Å²) < 4.78 is 0. The fourth-order valence-electron chi connectivity index (χ4n) is 1.31. The minimum absolute atomic E-state index is 0.591. The van der Waals surface area contributed by atoms with Gasteiger partial charge in [-0.2, -0.15) is 0 Å². The van der Waals surface area contributed by atoms with Gasteiger partial charge in [0.15, 0.2) is 0 Å². The van der Waals surface area contributed by atoms with Crippen molar-refractivity contribution >= 4 is 22.7 Å². The van der Waals surface area contributed by atoms with Gasteiger partial charge in [0.2, 0.25) is 0 Å². The molecule has 0 unspecified atom stereocenters. The van der Waals surface area contributed by atoms with E-state index in [1.165, 1.54) is 15.3 Å². The van der Waals surface area contributed by atoms with E-state index in [1.54, 1.807) is 22.7 Å². The molecule has 0 fully saturated rings. The second kappa shape index (κ2) is 3.81. The Hall–Kier alpha value is -0.710. The monoisotopic (exact) mass is 224 g/mol. The Morgan fingerprint density at radius 2 is 2.21 bits per heavy atom. The summed E-state index contributed by atoms with van der Waals surface area (Å²) in [5.74, 6) is 0. The molecule has 2 nitrogen and oxygen atoms in total. The van der Waals surface area contributed by atoms with Gasteiger partial charge < -0.3 is 5.73 Å². The lowest BCUT2D eigenvalue weighted by Crippen LogP contribution is -1.94. The molecule has 14 heavy (non-hydrogen) atoms. The zero-order valence-electron chi connectivity index (χ0n) is 8.20. The molecule has 0 amide bonds. The lowest BCUT2D eigenvalue weighted by Gasteiger charge is -1.91. The summed E-state index contributed by atoms with van der Waals surface area (Å²) >= 11 is 3.45. The number of hydrogen-bond donors (Lipinski definition) is 1. The maximum atomic E-state index is 5.63. The topological polar surface area (TPSA) is 38.9 Å². The first-order valence-corrected chi connectivity index (χ1v) is 6.13. The molecule has 0 spiro atoms. The van der Waals surface area contributed by atoms with Crippen LogP contribution in [0.4, 0.5) is 0 Å². The van der Waals surface area contributed by atoms with Crippen molar-refractivity contribution < 1.29 is 0 Å². The van der Waals surface area contributed by atoms with Gasteiger partial charge in [0.05, 0.1) is 10.6 Å². The maximum Gasteiger partial charge on any atom is 0.134 e. The molecule has 0 aliphatic rings. The van der Waals surface area contributed by atoms with Gasteiger partial charge in [-0.05, 0) is 30.9 Å². The molecule has 2 aromatic heterocycles. The van der Waals surface area contributed by atoms with Crippen LogP contribution < -0.4 is 5.73 Å². The molecule has 0 bridgehead atoms. The highest BCUT2D eigenvalue weighted by molar-refractivity contribution is 7.21. The first-order chi connectivity index (χ1) is 6.72. The minimum atomic E-state index is 0.591. The quantitative estimate of drug-likeness (QED) is 0.851. The Bertz CT molecular complexity index is 443. The van der Waals surface area contributed by atoms with E-state index >= 15 is 0 Å². The number of nitrogens with zero attached hydrogens (tertiary/aromatic N) is 1. The zero-order valence-corrected chi connectivity index (χ0v) is 9.84. The van der Waals surface area contributed by atoms with E-state index in [1.807, 2.05) is 6.92 Å². The van der Waals surface area contributed by atoms with Gasteiger partial charge in [-0.15, -0.1) is 22.7 Å². The molecule has 0 saturated heterocycles. The number of hydrogen-bond acceptors (Lipinski definition) is 4. The number of nitrogens with two attached hydrogens (primary N) is 1. The predicted molar refractivity (Wildman–Crippen MR) is 62.8 cm³/mol. The minimum Gasteiger partial charge on any atom is -0.326 e. The molecular formula is C10H12N2S2. The van der Waals surface area contributed by atoms with Crippen LogP contribution in [-0.2, 0) is 6.54 Å². The average Bonchev–Trinajstić information content (AvgIpc) is 2.71. The van der Waals surface area contributed by atoms with Gasteiger partial charge in [0.25, 0.3) is 0 Å². The number of aryl methyl sites for hydroxylation is 2. The molecule has 2 heterocycles. The summed E-state index contributed by atoms with van der Waals surface area (Å²) in [4.78, 5) is 7.00. The molecule has 2 aromatic rings. The Kier molecular flexibility index (Phi) is 2.67. The molecule has 0 aliphatic carbocycles. The molecule has 0 radical (unpaired) electrons. The summed E-state index contributed by atoms with van der Waals surface area (Å²) in [6.07, 6.45) is 0. The van der Waals surface area contributed by atoms with Crippen LogP contribution in [0.25, 0.3) is 9.88 Å². The third-order valence-corrected chi connectivity index (χ3v) is 4.48. The lowest BCUT2D eigenvalue weighted by molar-refractivity contribution is 1.06. The van der Waals surface area contributed by atoms with Crippen LogP contribution in [-0.4, -0.2) is 4.98 Å². The van der Waals surface area contributed by atoms with Crippen LogP contribution in [0.2, 0.25) is 0 Å². The Morgan fingerprint density at radius 1 is 1.43 bits per heavy atom. The van der Waals surface area contributed by atoms with E-state index in [9.17, 15) is 0 Å². The van der Waals surface area contributed by atoms with E-state index in [0.29, 0.717) is 6.54 Å². The largest absolute Gasteiger partial charge is 0.326 e. The van der Waals surface area contributed by atoms with Crippen LogP contribution in [0.1, 0.15) is 16.1 Å². The van der Waals surface area contributed by atoms with Gasteiger partial charge in [-0.1, -0.05) is 0 Å². The van der Waals surface area contributed by atoms with Gasteiger partial charge in [-0.25, -0.2) is 4.98 Å². The lowest BCUT2D eigenvalue weighted by atomic mass is 10.3. The molecular weight excluding hydrogens is 212 g/mol. The van der Waals surface area contributed by atoms with E-state index in [0.717, 1.165) is 10.7 Å². The molecule has 74 valence electrons. The molecule has 0 aliphatic heterocycles. The fraction of sp³-hybridized carbons (Fsp3) is 0.300. The van der Waals surface area contributed by atoms with Crippen molar-refractivity contribution in [3.63, 3.8) is 0 Å². The number of rotatable bonds is 2.